The minimum Gasteiger partial charge on any atom is -0.352 e. The van der Waals surface area contributed by atoms with Crippen LogP contribution in [0.5, 0.6) is 0 Å². The zero-order valence-electron chi connectivity index (χ0n) is 22.6. The summed E-state index contributed by atoms with van der Waals surface area (Å²) in [5, 5.41) is 3.68. The third kappa shape index (κ3) is 7.78. The monoisotopic (exact) mass is 619 g/mol. The first-order valence-electron chi connectivity index (χ1n) is 13.4. The summed E-state index contributed by atoms with van der Waals surface area (Å²) in [5.41, 5.74) is 0.724. The Kier molecular flexibility index (Phi) is 10.3. The van der Waals surface area contributed by atoms with Crippen molar-refractivity contribution >= 4 is 50.7 Å². The molecule has 3 aromatic rings. The van der Waals surface area contributed by atoms with Crippen LogP contribution in [0.2, 0.25) is 10.0 Å². The van der Waals surface area contributed by atoms with Gasteiger partial charge in [0.15, 0.2) is 0 Å². The van der Waals surface area contributed by atoms with Crippen molar-refractivity contribution in [2.24, 2.45) is 0 Å². The first-order valence-corrected chi connectivity index (χ1v) is 15.6. The van der Waals surface area contributed by atoms with Crippen molar-refractivity contribution in [1.29, 1.82) is 0 Å². The first-order chi connectivity index (χ1) is 19.6. The van der Waals surface area contributed by atoms with E-state index < -0.39 is 34.3 Å². The number of halogens is 3. The SMILES string of the molecule is CC(C(=O)NC1CCCCC1)N(Cc1ccc(Cl)c(Cl)c1)C(=O)CN(c1ccc(F)cc1)S(=O)(=O)c1ccccc1. The summed E-state index contributed by atoms with van der Waals surface area (Å²) < 4.78 is 42.1. The van der Waals surface area contributed by atoms with Gasteiger partial charge in [-0.05, 0) is 73.9 Å². The molecule has 0 bridgehead atoms. The molecule has 4 rings (SSSR count). The Morgan fingerprint density at radius 1 is 0.951 bits per heavy atom. The molecule has 1 saturated carbocycles. The average molecular weight is 621 g/mol. The summed E-state index contributed by atoms with van der Waals surface area (Å²) >= 11 is 12.3. The van der Waals surface area contributed by atoms with E-state index >= 15 is 0 Å². The van der Waals surface area contributed by atoms with Crippen molar-refractivity contribution in [3.63, 3.8) is 0 Å². The minimum absolute atomic E-state index is 0.0163. The maximum Gasteiger partial charge on any atom is 0.264 e. The molecule has 1 unspecified atom stereocenters. The van der Waals surface area contributed by atoms with E-state index in [1.165, 1.54) is 29.2 Å². The van der Waals surface area contributed by atoms with Gasteiger partial charge in [-0.25, -0.2) is 12.8 Å². The van der Waals surface area contributed by atoms with Gasteiger partial charge in [0.1, 0.15) is 18.4 Å². The highest BCUT2D eigenvalue weighted by atomic mass is 35.5. The normalized spacial score (nSPS) is 14.7. The van der Waals surface area contributed by atoms with Crippen molar-refractivity contribution in [3.8, 4) is 0 Å². The summed E-state index contributed by atoms with van der Waals surface area (Å²) in [4.78, 5) is 28.6. The fourth-order valence-corrected chi connectivity index (χ4v) is 6.60. The Balaban J connectivity index is 1.67. The number of rotatable bonds is 10. The van der Waals surface area contributed by atoms with Gasteiger partial charge in [0.05, 0.1) is 20.6 Å². The van der Waals surface area contributed by atoms with E-state index in [1.807, 2.05) is 0 Å². The van der Waals surface area contributed by atoms with Gasteiger partial charge in [-0.15, -0.1) is 0 Å². The van der Waals surface area contributed by atoms with Gasteiger partial charge < -0.3 is 10.2 Å². The zero-order valence-corrected chi connectivity index (χ0v) is 24.9. The number of sulfonamides is 1. The molecule has 3 aromatic carbocycles. The second kappa shape index (κ2) is 13.7. The highest BCUT2D eigenvalue weighted by molar-refractivity contribution is 7.92. The summed E-state index contributed by atoms with van der Waals surface area (Å²) in [6, 6.07) is 16.5. The molecule has 0 aromatic heterocycles. The van der Waals surface area contributed by atoms with E-state index in [-0.39, 0.29) is 34.1 Å². The summed E-state index contributed by atoms with van der Waals surface area (Å²) in [6.07, 6.45) is 4.91. The highest BCUT2D eigenvalue weighted by Gasteiger charge is 2.33. The van der Waals surface area contributed by atoms with Crippen LogP contribution >= 0.6 is 23.2 Å². The topological polar surface area (TPSA) is 86.8 Å². The smallest absolute Gasteiger partial charge is 0.264 e. The standard InChI is InChI=1S/C30H32Cl2FN3O4S/c1-21(30(38)34-24-8-4-2-5-9-24)35(19-22-12-17-27(31)28(32)18-22)29(37)20-36(25-15-13-23(33)14-16-25)41(39,40)26-10-6-3-7-11-26/h3,6-7,10-18,21,24H,2,4-5,8-9,19-20H2,1H3,(H,34,38). The number of anilines is 1. The third-order valence-corrected chi connectivity index (χ3v) is 9.71. The van der Waals surface area contributed by atoms with E-state index in [0.717, 1.165) is 48.5 Å². The van der Waals surface area contributed by atoms with Crippen LogP contribution in [0.25, 0.3) is 0 Å². The van der Waals surface area contributed by atoms with Crippen molar-refractivity contribution in [2.45, 2.75) is 62.6 Å². The maximum atomic E-state index is 14.0. The van der Waals surface area contributed by atoms with Crippen molar-refractivity contribution in [2.75, 3.05) is 10.8 Å². The number of carbonyl (C=O) groups excluding carboxylic acids is 2. The zero-order chi connectivity index (χ0) is 29.6. The number of nitrogens with one attached hydrogen (secondary N) is 1. The molecule has 1 atom stereocenters. The lowest BCUT2D eigenvalue weighted by Crippen LogP contribution is -2.53. The predicted octanol–water partition coefficient (Wildman–Crippen LogP) is 6.19. The molecule has 1 aliphatic rings. The number of nitrogens with zero attached hydrogens (tertiary/aromatic N) is 2. The summed E-state index contributed by atoms with van der Waals surface area (Å²) in [6.45, 7) is 0.977. The number of amides is 2. The molecule has 0 radical (unpaired) electrons. The molecule has 0 aliphatic heterocycles. The largest absolute Gasteiger partial charge is 0.352 e. The molecule has 1 N–H and O–H groups in total. The van der Waals surface area contributed by atoms with Gasteiger partial charge in [-0.3, -0.25) is 13.9 Å². The molecule has 0 saturated heterocycles. The van der Waals surface area contributed by atoms with Crippen LogP contribution in [-0.4, -0.2) is 43.8 Å². The fraction of sp³-hybridized carbons (Fsp3) is 0.333. The number of carbonyl (C=O) groups is 2. The van der Waals surface area contributed by atoms with Crippen LogP contribution in [-0.2, 0) is 26.2 Å². The van der Waals surface area contributed by atoms with E-state index in [1.54, 1.807) is 43.3 Å². The molecule has 41 heavy (non-hydrogen) atoms. The second-order valence-corrected chi connectivity index (χ2v) is 12.8. The van der Waals surface area contributed by atoms with Gasteiger partial charge >= 0.3 is 0 Å². The molecule has 1 aliphatic carbocycles. The molecule has 7 nitrogen and oxygen atoms in total. The Labute approximate surface area is 250 Å². The maximum absolute atomic E-state index is 14.0. The second-order valence-electron chi connectivity index (χ2n) is 10.1. The predicted molar refractivity (Wildman–Crippen MR) is 159 cm³/mol. The van der Waals surface area contributed by atoms with Gasteiger partial charge in [0.2, 0.25) is 11.8 Å². The van der Waals surface area contributed by atoms with Gasteiger partial charge in [0.25, 0.3) is 10.0 Å². The Hall–Kier alpha value is -3.14. The summed E-state index contributed by atoms with van der Waals surface area (Å²) in [5.74, 6) is -1.50. The quantitative estimate of drug-likeness (QED) is 0.293. The van der Waals surface area contributed by atoms with E-state index in [4.69, 9.17) is 23.2 Å². The van der Waals surface area contributed by atoms with Crippen LogP contribution in [0.1, 0.15) is 44.6 Å². The molecule has 1 fully saturated rings. The van der Waals surface area contributed by atoms with E-state index in [2.05, 4.69) is 5.32 Å². The lowest BCUT2D eigenvalue weighted by Gasteiger charge is -2.33. The number of hydrogen-bond donors (Lipinski definition) is 1. The minimum atomic E-state index is -4.23. The van der Waals surface area contributed by atoms with Gasteiger partial charge in [0, 0.05) is 12.6 Å². The van der Waals surface area contributed by atoms with Crippen LogP contribution in [0.3, 0.4) is 0 Å². The molecular formula is C30H32Cl2FN3O4S. The molecule has 2 amide bonds. The fourth-order valence-electron chi connectivity index (χ4n) is 4.84. The van der Waals surface area contributed by atoms with Crippen LogP contribution < -0.4 is 9.62 Å². The van der Waals surface area contributed by atoms with E-state index in [9.17, 15) is 22.4 Å². The lowest BCUT2D eigenvalue weighted by atomic mass is 9.95. The van der Waals surface area contributed by atoms with Crippen LogP contribution in [0, 0.1) is 5.82 Å². The van der Waals surface area contributed by atoms with Crippen LogP contribution in [0.15, 0.2) is 77.7 Å². The molecule has 11 heteroatoms. The molecule has 218 valence electrons. The number of benzene rings is 3. The number of hydrogen-bond acceptors (Lipinski definition) is 4. The lowest BCUT2D eigenvalue weighted by molar-refractivity contribution is -0.139. The van der Waals surface area contributed by atoms with Crippen molar-refractivity contribution in [1.82, 2.24) is 10.2 Å². The highest BCUT2D eigenvalue weighted by Crippen LogP contribution is 2.27. The molecule has 0 spiro atoms. The van der Waals surface area contributed by atoms with Gasteiger partial charge in [-0.1, -0.05) is 66.7 Å². The average Bonchev–Trinajstić information content (AvgIpc) is 2.97. The van der Waals surface area contributed by atoms with Crippen molar-refractivity contribution in [3.05, 3.63) is 94.2 Å². The molecule has 0 heterocycles. The van der Waals surface area contributed by atoms with E-state index in [0.29, 0.717) is 10.6 Å². The Morgan fingerprint density at radius 2 is 1.61 bits per heavy atom. The van der Waals surface area contributed by atoms with Gasteiger partial charge in [-0.2, -0.15) is 0 Å². The molecular weight excluding hydrogens is 588 g/mol. The third-order valence-electron chi connectivity index (χ3n) is 7.18. The van der Waals surface area contributed by atoms with Crippen molar-refractivity contribution < 1.29 is 22.4 Å². The summed E-state index contributed by atoms with van der Waals surface area (Å²) in [7, 11) is -4.23. The Bertz CT molecular complexity index is 1470. The van der Waals surface area contributed by atoms with Crippen LogP contribution in [0.4, 0.5) is 10.1 Å². The first kappa shape index (κ1) is 30.8. The Morgan fingerprint density at radius 3 is 2.24 bits per heavy atom.